The van der Waals surface area contributed by atoms with Gasteiger partial charge in [-0.2, -0.15) is 13.2 Å². The maximum absolute atomic E-state index is 13.3. The number of aromatic carboxylic acids is 1. The molecule has 1 aromatic heterocycles. The van der Waals surface area contributed by atoms with Crippen LogP contribution in [0.5, 0.6) is 0 Å². The van der Waals surface area contributed by atoms with Crippen LogP contribution in [0, 0.1) is 11.8 Å². The topological polar surface area (TPSA) is 75.4 Å². The second-order valence-electron chi connectivity index (χ2n) is 8.42. The number of hydrogen-bond donors (Lipinski definition) is 1. The Morgan fingerprint density at radius 1 is 1.19 bits per heavy atom. The van der Waals surface area contributed by atoms with E-state index in [-0.39, 0.29) is 34.9 Å². The lowest BCUT2D eigenvalue weighted by atomic mass is 9.82. The number of halogens is 3. The lowest BCUT2D eigenvalue weighted by Gasteiger charge is -2.32. The van der Waals surface area contributed by atoms with Gasteiger partial charge in [-0.05, 0) is 63.6 Å². The number of hydrogen-bond acceptors (Lipinski definition) is 3. The Balaban J connectivity index is 2.02. The standard InChI is InChI=1S/C22H26F3N3O3/c1-13(2)28(20(29)15-9-7-14(3)8-10-15)19-18(21(30)31)12-27(26-19)17-6-4-5-16(11-17)22(23,24)25/h4-6,11-15H,7-10H2,1-3H3,(H,30,31)/t14-,15-. The number of carbonyl (C=O) groups is 2. The van der Waals surface area contributed by atoms with E-state index in [0.717, 1.165) is 48.7 Å². The summed E-state index contributed by atoms with van der Waals surface area (Å²) in [5, 5.41) is 13.9. The first-order valence-corrected chi connectivity index (χ1v) is 10.3. The van der Waals surface area contributed by atoms with Crippen molar-refractivity contribution >= 4 is 17.7 Å². The first kappa shape index (κ1) is 22.8. The Hall–Kier alpha value is -2.84. The van der Waals surface area contributed by atoms with Crippen molar-refractivity contribution in [1.82, 2.24) is 9.78 Å². The van der Waals surface area contributed by atoms with Crippen molar-refractivity contribution in [2.24, 2.45) is 11.8 Å². The van der Waals surface area contributed by atoms with Gasteiger partial charge < -0.3 is 5.11 Å². The molecule has 0 unspecified atom stereocenters. The number of nitrogens with zero attached hydrogens (tertiary/aromatic N) is 3. The number of carbonyl (C=O) groups excluding carboxylic acids is 1. The molecule has 1 N–H and O–H groups in total. The molecule has 1 fully saturated rings. The van der Waals surface area contributed by atoms with Gasteiger partial charge >= 0.3 is 12.1 Å². The van der Waals surface area contributed by atoms with E-state index in [1.165, 1.54) is 17.0 Å². The van der Waals surface area contributed by atoms with Crippen LogP contribution in [0.4, 0.5) is 19.0 Å². The molecule has 0 bridgehead atoms. The van der Waals surface area contributed by atoms with Crippen LogP contribution >= 0.6 is 0 Å². The maximum Gasteiger partial charge on any atom is 0.416 e. The molecule has 1 aliphatic carbocycles. The zero-order valence-electron chi connectivity index (χ0n) is 17.7. The molecule has 1 heterocycles. The predicted octanol–water partition coefficient (Wildman–Crippen LogP) is 5.16. The largest absolute Gasteiger partial charge is 0.477 e. The summed E-state index contributed by atoms with van der Waals surface area (Å²) >= 11 is 0. The second kappa shape index (κ2) is 8.72. The predicted molar refractivity (Wildman–Crippen MR) is 109 cm³/mol. The van der Waals surface area contributed by atoms with Crippen LogP contribution < -0.4 is 4.90 Å². The van der Waals surface area contributed by atoms with Crippen molar-refractivity contribution in [3.05, 3.63) is 41.6 Å². The SMILES string of the molecule is CC(C)N(c1nn(-c2cccc(C(F)(F)F)c2)cc1C(=O)O)C(=O)[C@H]1CC[C@H](C)CC1. The first-order valence-electron chi connectivity index (χ1n) is 10.3. The number of benzene rings is 1. The molecule has 3 rings (SSSR count). The number of anilines is 1. The molecule has 0 radical (unpaired) electrons. The normalized spacial score (nSPS) is 19.5. The van der Waals surface area contributed by atoms with Crippen LogP contribution in [0.25, 0.3) is 5.69 Å². The fraction of sp³-hybridized carbons (Fsp3) is 0.500. The van der Waals surface area contributed by atoms with Crippen LogP contribution in [-0.2, 0) is 11.0 Å². The van der Waals surface area contributed by atoms with Crippen LogP contribution in [0.3, 0.4) is 0 Å². The smallest absolute Gasteiger partial charge is 0.416 e. The minimum atomic E-state index is -4.54. The Kier molecular flexibility index (Phi) is 6.43. The van der Waals surface area contributed by atoms with Gasteiger partial charge in [0.1, 0.15) is 5.56 Å². The lowest BCUT2D eigenvalue weighted by Crippen LogP contribution is -2.43. The van der Waals surface area contributed by atoms with Crippen molar-refractivity contribution in [1.29, 1.82) is 0 Å². The summed E-state index contributed by atoms with van der Waals surface area (Å²) in [5.74, 6) is -1.23. The quantitative estimate of drug-likeness (QED) is 0.701. The molecule has 6 nitrogen and oxygen atoms in total. The Morgan fingerprint density at radius 3 is 2.39 bits per heavy atom. The molecule has 0 saturated heterocycles. The lowest BCUT2D eigenvalue weighted by molar-refractivity contribution is -0.137. The molecular weight excluding hydrogens is 411 g/mol. The van der Waals surface area contributed by atoms with Crippen molar-refractivity contribution in [2.75, 3.05) is 4.90 Å². The van der Waals surface area contributed by atoms with Crippen molar-refractivity contribution in [2.45, 2.75) is 58.7 Å². The molecule has 2 aromatic rings. The molecule has 0 spiro atoms. The van der Waals surface area contributed by atoms with Crippen molar-refractivity contribution < 1.29 is 27.9 Å². The Bertz CT molecular complexity index is 960. The zero-order valence-corrected chi connectivity index (χ0v) is 17.7. The third kappa shape index (κ3) is 4.91. The summed E-state index contributed by atoms with van der Waals surface area (Å²) in [5.41, 5.74) is -1.04. The number of amides is 1. The van der Waals surface area contributed by atoms with Crippen LogP contribution in [-0.4, -0.2) is 32.8 Å². The van der Waals surface area contributed by atoms with Crippen LogP contribution in [0.1, 0.15) is 62.4 Å². The summed E-state index contributed by atoms with van der Waals surface area (Å²) < 4.78 is 40.4. The van der Waals surface area contributed by atoms with Gasteiger partial charge in [-0.1, -0.05) is 13.0 Å². The van der Waals surface area contributed by atoms with Crippen LogP contribution in [0.2, 0.25) is 0 Å². The van der Waals surface area contributed by atoms with Gasteiger partial charge in [-0.25, -0.2) is 9.48 Å². The molecule has 168 valence electrons. The molecule has 1 amide bonds. The summed E-state index contributed by atoms with van der Waals surface area (Å²) in [7, 11) is 0. The fourth-order valence-corrected chi connectivity index (χ4v) is 3.96. The third-order valence-electron chi connectivity index (χ3n) is 5.71. The zero-order chi connectivity index (χ0) is 22.9. The highest BCUT2D eigenvalue weighted by atomic mass is 19.4. The number of alkyl halides is 3. The Morgan fingerprint density at radius 2 is 1.84 bits per heavy atom. The highest BCUT2D eigenvalue weighted by Crippen LogP contribution is 2.34. The van der Waals surface area contributed by atoms with E-state index in [4.69, 9.17) is 0 Å². The average molecular weight is 437 g/mol. The highest BCUT2D eigenvalue weighted by Gasteiger charge is 2.35. The molecule has 1 aromatic carbocycles. The monoisotopic (exact) mass is 437 g/mol. The van der Waals surface area contributed by atoms with Crippen molar-refractivity contribution in [3.63, 3.8) is 0 Å². The molecule has 31 heavy (non-hydrogen) atoms. The first-order chi connectivity index (χ1) is 14.5. The van der Waals surface area contributed by atoms with E-state index >= 15 is 0 Å². The van der Waals surface area contributed by atoms with Gasteiger partial charge in [0.15, 0.2) is 5.82 Å². The van der Waals surface area contributed by atoms with Crippen LogP contribution in [0.15, 0.2) is 30.5 Å². The Labute approximate surface area is 178 Å². The van der Waals surface area contributed by atoms with E-state index in [1.54, 1.807) is 13.8 Å². The summed E-state index contributed by atoms with van der Waals surface area (Å²) in [6.07, 6.45) is -0.0992. The number of aromatic nitrogens is 2. The van der Waals surface area contributed by atoms with Crippen molar-refractivity contribution in [3.8, 4) is 5.69 Å². The van der Waals surface area contributed by atoms with Gasteiger partial charge in [-0.3, -0.25) is 9.69 Å². The number of carboxylic acids is 1. The molecule has 0 atom stereocenters. The van der Waals surface area contributed by atoms with Gasteiger partial charge in [0.25, 0.3) is 0 Å². The maximum atomic E-state index is 13.3. The highest BCUT2D eigenvalue weighted by molar-refractivity contribution is 6.01. The molecule has 0 aliphatic heterocycles. The molecule has 1 saturated carbocycles. The van der Waals surface area contributed by atoms with Gasteiger partial charge in [0, 0.05) is 18.2 Å². The second-order valence-corrected chi connectivity index (χ2v) is 8.42. The van der Waals surface area contributed by atoms with Gasteiger partial charge in [0.2, 0.25) is 5.91 Å². The molecule has 1 aliphatic rings. The minimum Gasteiger partial charge on any atom is -0.477 e. The van der Waals surface area contributed by atoms with Gasteiger partial charge in [-0.15, -0.1) is 5.10 Å². The van der Waals surface area contributed by atoms with E-state index in [1.807, 2.05) is 0 Å². The number of rotatable bonds is 5. The van der Waals surface area contributed by atoms with E-state index < -0.39 is 17.7 Å². The van der Waals surface area contributed by atoms with E-state index in [2.05, 4.69) is 12.0 Å². The summed E-state index contributed by atoms with van der Waals surface area (Å²) in [6, 6.07) is 4.10. The average Bonchev–Trinajstić information content (AvgIpc) is 3.13. The minimum absolute atomic E-state index is 0.0523. The summed E-state index contributed by atoms with van der Waals surface area (Å²) in [4.78, 5) is 26.5. The fourth-order valence-electron chi connectivity index (χ4n) is 3.96. The molecular formula is C22H26F3N3O3. The third-order valence-corrected chi connectivity index (χ3v) is 5.71. The van der Waals surface area contributed by atoms with E-state index in [9.17, 15) is 27.9 Å². The van der Waals surface area contributed by atoms with E-state index in [0.29, 0.717) is 5.92 Å². The van der Waals surface area contributed by atoms with Gasteiger partial charge in [0.05, 0.1) is 11.3 Å². The molecule has 9 heteroatoms. The number of carboxylic acid groups (broad SMARTS) is 1. The summed E-state index contributed by atoms with van der Waals surface area (Å²) in [6.45, 7) is 5.66.